The highest BCUT2D eigenvalue weighted by Crippen LogP contribution is 2.25. The zero-order valence-electron chi connectivity index (χ0n) is 11.9. The van der Waals surface area contributed by atoms with Gasteiger partial charge in [0.05, 0.1) is 20.6 Å². The predicted octanol–water partition coefficient (Wildman–Crippen LogP) is 3.65. The minimum absolute atomic E-state index is 0.0941. The number of hydrogen-bond donors (Lipinski definition) is 1. The van der Waals surface area contributed by atoms with E-state index in [1.807, 2.05) is 24.3 Å². The molecule has 0 atom stereocenters. The number of ether oxygens (including phenoxy) is 2. The van der Waals surface area contributed by atoms with Crippen LogP contribution < -0.4 is 14.8 Å². The fourth-order valence-electron chi connectivity index (χ4n) is 1.92. The molecule has 0 saturated heterocycles. The zero-order chi connectivity index (χ0) is 15.2. The van der Waals surface area contributed by atoms with E-state index < -0.39 is 0 Å². The van der Waals surface area contributed by atoms with E-state index in [0.29, 0.717) is 23.6 Å². The highest BCUT2D eigenvalue weighted by molar-refractivity contribution is 9.10. The number of methoxy groups -OCH3 is 2. The summed E-state index contributed by atoms with van der Waals surface area (Å²) in [4.78, 5) is 12.1. The number of carbonyl (C=O) groups is 1. The van der Waals surface area contributed by atoms with Gasteiger partial charge >= 0.3 is 0 Å². The van der Waals surface area contributed by atoms with E-state index in [4.69, 9.17) is 9.47 Å². The van der Waals surface area contributed by atoms with E-state index in [0.717, 1.165) is 10.0 Å². The number of nitrogens with one attached hydrogen (secondary N) is 1. The number of anilines is 1. The van der Waals surface area contributed by atoms with Gasteiger partial charge in [-0.15, -0.1) is 0 Å². The molecule has 1 N–H and O–H groups in total. The van der Waals surface area contributed by atoms with Crippen LogP contribution in [0.1, 0.15) is 5.56 Å². The number of benzene rings is 2. The average molecular weight is 350 g/mol. The van der Waals surface area contributed by atoms with Gasteiger partial charge < -0.3 is 14.8 Å². The van der Waals surface area contributed by atoms with Crippen molar-refractivity contribution in [2.45, 2.75) is 6.42 Å². The molecule has 0 fully saturated rings. The quantitative estimate of drug-likeness (QED) is 0.896. The summed E-state index contributed by atoms with van der Waals surface area (Å²) in [5.41, 5.74) is 1.59. The first-order valence-corrected chi connectivity index (χ1v) is 7.17. The van der Waals surface area contributed by atoms with E-state index in [1.165, 1.54) is 0 Å². The zero-order valence-corrected chi connectivity index (χ0v) is 13.4. The highest BCUT2D eigenvalue weighted by Gasteiger charge is 2.07. The molecule has 2 rings (SSSR count). The van der Waals surface area contributed by atoms with Crippen LogP contribution in [-0.2, 0) is 11.2 Å². The van der Waals surface area contributed by atoms with Crippen LogP contribution in [-0.4, -0.2) is 20.1 Å². The first-order valence-electron chi connectivity index (χ1n) is 6.38. The van der Waals surface area contributed by atoms with Crippen LogP contribution in [0.3, 0.4) is 0 Å². The standard InChI is InChI=1S/C16H16BrNO3/c1-20-14-8-13(9-15(10-14)21-2)18-16(19)7-11-4-3-5-12(17)6-11/h3-6,8-10H,7H2,1-2H3,(H,18,19). The molecular formula is C16H16BrNO3. The molecule has 4 nitrogen and oxygen atoms in total. The minimum atomic E-state index is -0.0941. The van der Waals surface area contributed by atoms with Crippen molar-refractivity contribution in [3.63, 3.8) is 0 Å². The van der Waals surface area contributed by atoms with Crippen LogP contribution in [0.25, 0.3) is 0 Å². The van der Waals surface area contributed by atoms with E-state index in [2.05, 4.69) is 21.2 Å². The number of hydrogen-bond acceptors (Lipinski definition) is 3. The molecule has 1 amide bonds. The van der Waals surface area contributed by atoms with Crippen molar-refractivity contribution in [3.05, 3.63) is 52.5 Å². The first kappa shape index (κ1) is 15.4. The van der Waals surface area contributed by atoms with Gasteiger partial charge in [-0.2, -0.15) is 0 Å². The Hall–Kier alpha value is -2.01. The third kappa shape index (κ3) is 4.49. The molecule has 110 valence electrons. The molecule has 0 saturated carbocycles. The maximum absolute atomic E-state index is 12.1. The molecule has 0 aliphatic rings. The Labute approximate surface area is 132 Å². The van der Waals surface area contributed by atoms with Crippen molar-refractivity contribution in [2.75, 3.05) is 19.5 Å². The van der Waals surface area contributed by atoms with Crippen molar-refractivity contribution in [3.8, 4) is 11.5 Å². The van der Waals surface area contributed by atoms with Gasteiger partial charge in [0.2, 0.25) is 5.91 Å². The Morgan fingerprint density at radius 2 is 1.76 bits per heavy atom. The molecule has 0 aromatic heterocycles. The highest BCUT2D eigenvalue weighted by atomic mass is 79.9. The third-order valence-corrected chi connectivity index (χ3v) is 3.38. The van der Waals surface area contributed by atoms with Gasteiger partial charge in [-0.25, -0.2) is 0 Å². The van der Waals surface area contributed by atoms with Crippen LogP contribution in [0.15, 0.2) is 46.9 Å². The second kappa shape index (κ2) is 7.13. The lowest BCUT2D eigenvalue weighted by atomic mass is 10.1. The monoisotopic (exact) mass is 349 g/mol. The smallest absolute Gasteiger partial charge is 0.228 e. The summed E-state index contributed by atoms with van der Waals surface area (Å²) in [5, 5.41) is 2.85. The lowest BCUT2D eigenvalue weighted by Crippen LogP contribution is -2.14. The number of carbonyl (C=O) groups excluding carboxylic acids is 1. The third-order valence-electron chi connectivity index (χ3n) is 2.89. The van der Waals surface area contributed by atoms with Crippen LogP contribution >= 0.6 is 15.9 Å². The van der Waals surface area contributed by atoms with E-state index in [1.54, 1.807) is 32.4 Å². The molecular weight excluding hydrogens is 334 g/mol. The summed E-state index contributed by atoms with van der Waals surface area (Å²) < 4.78 is 11.3. The van der Waals surface area contributed by atoms with Gasteiger partial charge in [0.1, 0.15) is 11.5 Å². The van der Waals surface area contributed by atoms with Gasteiger partial charge in [0.15, 0.2) is 0 Å². The molecule has 0 aliphatic heterocycles. The van der Waals surface area contributed by atoms with E-state index in [-0.39, 0.29) is 5.91 Å². The largest absolute Gasteiger partial charge is 0.497 e. The average Bonchev–Trinajstić information content (AvgIpc) is 2.46. The summed E-state index contributed by atoms with van der Waals surface area (Å²) in [6, 6.07) is 12.9. The summed E-state index contributed by atoms with van der Waals surface area (Å²) >= 11 is 3.39. The Morgan fingerprint density at radius 3 is 2.33 bits per heavy atom. The normalized spacial score (nSPS) is 10.0. The molecule has 0 bridgehead atoms. The molecule has 0 aliphatic carbocycles. The Balaban J connectivity index is 2.08. The molecule has 0 heterocycles. The summed E-state index contributed by atoms with van der Waals surface area (Å²) in [7, 11) is 3.14. The lowest BCUT2D eigenvalue weighted by molar-refractivity contribution is -0.115. The minimum Gasteiger partial charge on any atom is -0.497 e. The Morgan fingerprint density at radius 1 is 1.10 bits per heavy atom. The van der Waals surface area contributed by atoms with Crippen molar-refractivity contribution in [1.82, 2.24) is 0 Å². The Kier molecular flexibility index (Phi) is 5.22. The molecule has 0 spiro atoms. The topological polar surface area (TPSA) is 47.6 Å². The van der Waals surface area contributed by atoms with Crippen molar-refractivity contribution in [2.24, 2.45) is 0 Å². The molecule has 0 radical (unpaired) electrons. The molecule has 2 aromatic carbocycles. The number of halogens is 1. The predicted molar refractivity (Wildman–Crippen MR) is 86.0 cm³/mol. The fraction of sp³-hybridized carbons (Fsp3) is 0.188. The number of amides is 1. The van der Waals surface area contributed by atoms with Gasteiger partial charge in [-0.1, -0.05) is 28.1 Å². The van der Waals surface area contributed by atoms with Crippen molar-refractivity contribution in [1.29, 1.82) is 0 Å². The SMILES string of the molecule is COc1cc(NC(=O)Cc2cccc(Br)c2)cc(OC)c1. The van der Waals surface area contributed by atoms with Gasteiger partial charge in [0, 0.05) is 28.4 Å². The van der Waals surface area contributed by atoms with Crippen LogP contribution in [0.5, 0.6) is 11.5 Å². The molecule has 5 heteroatoms. The second-order valence-electron chi connectivity index (χ2n) is 4.46. The maximum atomic E-state index is 12.1. The molecule has 21 heavy (non-hydrogen) atoms. The summed E-state index contributed by atoms with van der Waals surface area (Å²) in [5.74, 6) is 1.17. The fourth-order valence-corrected chi connectivity index (χ4v) is 2.36. The van der Waals surface area contributed by atoms with E-state index in [9.17, 15) is 4.79 Å². The Bertz CT molecular complexity index is 621. The van der Waals surface area contributed by atoms with Gasteiger partial charge in [-0.05, 0) is 17.7 Å². The van der Waals surface area contributed by atoms with Crippen LogP contribution in [0.2, 0.25) is 0 Å². The van der Waals surface area contributed by atoms with Crippen molar-refractivity contribution < 1.29 is 14.3 Å². The van der Waals surface area contributed by atoms with E-state index >= 15 is 0 Å². The number of rotatable bonds is 5. The summed E-state index contributed by atoms with van der Waals surface area (Å²) in [6.45, 7) is 0. The van der Waals surface area contributed by atoms with Crippen LogP contribution in [0.4, 0.5) is 5.69 Å². The molecule has 0 unspecified atom stereocenters. The maximum Gasteiger partial charge on any atom is 0.228 e. The molecule has 2 aromatic rings. The van der Waals surface area contributed by atoms with Crippen LogP contribution in [0, 0.1) is 0 Å². The summed E-state index contributed by atoms with van der Waals surface area (Å²) in [6.07, 6.45) is 0.305. The second-order valence-corrected chi connectivity index (χ2v) is 5.37. The van der Waals surface area contributed by atoms with Gasteiger partial charge in [0.25, 0.3) is 0 Å². The lowest BCUT2D eigenvalue weighted by Gasteiger charge is -2.10. The first-order chi connectivity index (χ1) is 10.1. The van der Waals surface area contributed by atoms with Crippen molar-refractivity contribution >= 4 is 27.5 Å². The van der Waals surface area contributed by atoms with Gasteiger partial charge in [-0.3, -0.25) is 4.79 Å².